The molecule has 0 bridgehead atoms. The van der Waals surface area contributed by atoms with E-state index in [4.69, 9.17) is 0 Å². The van der Waals surface area contributed by atoms with Crippen molar-refractivity contribution in [2.75, 3.05) is 6.54 Å². The van der Waals surface area contributed by atoms with Crippen molar-refractivity contribution < 1.29 is 17.1 Å². The lowest BCUT2D eigenvalue weighted by atomic mass is 10.0. The van der Waals surface area contributed by atoms with Crippen molar-refractivity contribution in [1.29, 1.82) is 0 Å². The molecule has 0 spiro atoms. The van der Waals surface area contributed by atoms with E-state index in [1.54, 1.807) is 0 Å². The SMILES string of the molecule is CCc1ccc(C(C)N2CC(S(=O)(=O)F)CC2=O)cc1. The highest BCUT2D eigenvalue weighted by molar-refractivity contribution is 7.87. The molecule has 1 aromatic carbocycles. The first kappa shape index (κ1) is 15.0. The molecule has 20 heavy (non-hydrogen) atoms. The van der Waals surface area contributed by atoms with E-state index < -0.39 is 15.5 Å². The maximum absolute atomic E-state index is 13.0. The zero-order chi connectivity index (χ0) is 14.9. The van der Waals surface area contributed by atoms with Gasteiger partial charge in [-0.25, -0.2) is 0 Å². The molecule has 0 radical (unpaired) electrons. The third-order valence-corrected chi connectivity index (χ3v) is 4.97. The largest absolute Gasteiger partial charge is 0.334 e. The lowest BCUT2D eigenvalue weighted by molar-refractivity contribution is -0.129. The summed E-state index contributed by atoms with van der Waals surface area (Å²) in [7, 11) is -4.66. The van der Waals surface area contributed by atoms with E-state index in [1.165, 1.54) is 10.5 Å². The Labute approximate surface area is 118 Å². The number of aryl methyl sites for hydroxylation is 1. The van der Waals surface area contributed by atoms with Crippen molar-refractivity contribution in [3.63, 3.8) is 0 Å². The lowest BCUT2D eigenvalue weighted by Gasteiger charge is -2.25. The second kappa shape index (κ2) is 5.52. The fourth-order valence-electron chi connectivity index (χ4n) is 2.47. The molecule has 0 aromatic heterocycles. The highest BCUT2D eigenvalue weighted by Gasteiger charge is 2.40. The van der Waals surface area contributed by atoms with Crippen molar-refractivity contribution in [2.45, 2.75) is 38.0 Å². The highest BCUT2D eigenvalue weighted by atomic mass is 32.3. The molecule has 1 heterocycles. The standard InChI is InChI=1S/C14H18FNO3S/c1-3-11-4-6-12(7-5-11)10(2)16-9-13(8-14(16)17)20(15,18)19/h4-7,10,13H,3,8-9H2,1-2H3. The molecule has 0 N–H and O–H groups in total. The van der Waals surface area contributed by atoms with Crippen LogP contribution < -0.4 is 0 Å². The van der Waals surface area contributed by atoms with E-state index in [2.05, 4.69) is 6.92 Å². The van der Waals surface area contributed by atoms with Gasteiger partial charge in [-0.1, -0.05) is 31.2 Å². The van der Waals surface area contributed by atoms with Crippen LogP contribution in [-0.2, 0) is 21.4 Å². The van der Waals surface area contributed by atoms with Gasteiger partial charge in [0.05, 0.1) is 6.04 Å². The van der Waals surface area contributed by atoms with Crippen molar-refractivity contribution in [3.8, 4) is 0 Å². The van der Waals surface area contributed by atoms with Crippen LogP contribution >= 0.6 is 0 Å². The van der Waals surface area contributed by atoms with E-state index >= 15 is 0 Å². The average molecular weight is 299 g/mol. The number of nitrogens with zero attached hydrogens (tertiary/aromatic N) is 1. The predicted octanol–water partition coefficient (Wildman–Crippen LogP) is 2.21. The number of amides is 1. The Morgan fingerprint density at radius 3 is 2.40 bits per heavy atom. The number of likely N-dealkylation sites (tertiary alicyclic amines) is 1. The molecule has 0 saturated carbocycles. The van der Waals surface area contributed by atoms with Gasteiger partial charge in [-0.15, -0.1) is 3.89 Å². The Kier molecular flexibility index (Phi) is 4.13. The molecular weight excluding hydrogens is 281 g/mol. The molecule has 4 nitrogen and oxygen atoms in total. The zero-order valence-corrected chi connectivity index (χ0v) is 12.4. The number of benzene rings is 1. The molecule has 1 saturated heterocycles. The lowest BCUT2D eigenvalue weighted by Crippen LogP contribution is -2.30. The number of carbonyl (C=O) groups is 1. The second-order valence-electron chi connectivity index (χ2n) is 5.12. The Morgan fingerprint density at radius 2 is 1.95 bits per heavy atom. The molecule has 1 aliphatic heterocycles. The molecule has 110 valence electrons. The molecule has 2 rings (SSSR count). The quantitative estimate of drug-likeness (QED) is 0.801. The van der Waals surface area contributed by atoms with Crippen molar-refractivity contribution in [2.24, 2.45) is 0 Å². The maximum Gasteiger partial charge on any atom is 0.307 e. The second-order valence-corrected chi connectivity index (χ2v) is 6.74. The molecule has 6 heteroatoms. The monoisotopic (exact) mass is 299 g/mol. The van der Waals surface area contributed by atoms with Crippen molar-refractivity contribution in [3.05, 3.63) is 35.4 Å². The van der Waals surface area contributed by atoms with Crippen LogP contribution in [0.3, 0.4) is 0 Å². The summed E-state index contributed by atoms with van der Waals surface area (Å²) >= 11 is 0. The maximum atomic E-state index is 13.0. The molecule has 2 unspecified atom stereocenters. The number of hydrogen-bond acceptors (Lipinski definition) is 3. The summed E-state index contributed by atoms with van der Waals surface area (Å²) < 4.78 is 34.8. The van der Waals surface area contributed by atoms with Gasteiger partial charge in [0.1, 0.15) is 5.25 Å². The summed E-state index contributed by atoms with van der Waals surface area (Å²) in [4.78, 5) is 13.3. The number of carbonyl (C=O) groups excluding carboxylic acids is 1. The summed E-state index contributed by atoms with van der Waals surface area (Å²) in [6, 6.07) is 7.56. The van der Waals surface area contributed by atoms with E-state index in [9.17, 15) is 17.1 Å². The van der Waals surface area contributed by atoms with Gasteiger partial charge >= 0.3 is 10.2 Å². The van der Waals surface area contributed by atoms with Crippen LogP contribution in [-0.4, -0.2) is 31.0 Å². The molecule has 1 aliphatic rings. The van der Waals surface area contributed by atoms with Crippen molar-refractivity contribution in [1.82, 2.24) is 4.90 Å². The van der Waals surface area contributed by atoms with Crippen LogP contribution in [0.2, 0.25) is 0 Å². The Hall–Kier alpha value is -1.43. The van der Waals surface area contributed by atoms with Gasteiger partial charge in [-0.2, -0.15) is 8.42 Å². The molecule has 1 fully saturated rings. The van der Waals surface area contributed by atoms with E-state index in [1.807, 2.05) is 31.2 Å². The fourth-order valence-corrected chi connectivity index (χ4v) is 3.15. The Bertz CT molecular complexity index is 597. The summed E-state index contributed by atoms with van der Waals surface area (Å²) in [5.74, 6) is -0.316. The summed E-state index contributed by atoms with van der Waals surface area (Å²) in [5.41, 5.74) is 2.12. The van der Waals surface area contributed by atoms with E-state index in [-0.39, 0.29) is 24.9 Å². The highest BCUT2D eigenvalue weighted by Crippen LogP contribution is 2.29. The summed E-state index contributed by atoms with van der Waals surface area (Å²) in [6.45, 7) is 3.81. The fraction of sp³-hybridized carbons (Fsp3) is 0.500. The first-order valence-corrected chi connectivity index (χ1v) is 8.09. The molecular formula is C14H18FNO3S. The minimum Gasteiger partial charge on any atom is -0.334 e. The normalized spacial score (nSPS) is 21.2. The van der Waals surface area contributed by atoms with Crippen LogP contribution in [0.5, 0.6) is 0 Å². The van der Waals surface area contributed by atoms with E-state index in [0.29, 0.717) is 0 Å². The van der Waals surface area contributed by atoms with Gasteiger partial charge in [0.15, 0.2) is 0 Å². The first-order valence-electron chi connectivity index (χ1n) is 6.64. The van der Waals surface area contributed by atoms with Gasteiger partial charge in [-0.05, 0) is 24.5 Å². The third kappa shape index (κ3) is 3.00. The summed E-state index contributed by atoms with van der Waals surface area (Å²) in [6.07, 6.45) is 0.662. The molecule has 2 atom stereocenters. The van der Waals surface area contributed by atoms with Gasteiger partial charge in [-0.3, -0.25) is 4.79 Å². The van der Waals surface area contributed by atoms with Crippen LogP contribution in [0.1, 0.15) is 37.4 Å². The van der Waals surface area contributed by atoms with E-state index in [0.717, 1.165) is 12.0 Å². The zero-order valence-electron chi connectivity index (χ0n) is 11.5. The smallest absolute Gasteiger partial charge is 0.307 e. The minimum absolute atomic E-state index is 0.0750. The Morgan fingerprint density at radius 1 is 1.35 bits per heavy atom. The van der Waals surface area contributed by atoms with Crippen LogP contribution in [0.25, 0.3) is 0 Å². The van der Waals surface area contributed by atoms with Gasteiger partial charge in [0.2, 0.25) is 5.91 Å². The molecule has 1 amide bonds. The number of hydrogen-bond donors (Lipinski definition) is 0. The number of halogens is 1. The van der Waals surface area contributed by atoms with Crippen molar-refractivity contribution >= 4 is 16.1 Å². The summed E-state index contributed by atoms with van der Waals surface area (Å²) in [5, 5.41) is -1.23. The Balaban J connectivity index is 2.16. The van der Waals surface area contributed by atoms with Crippen LogP contribution in [0.4, 0.5) is 3.89 Å². The average Bonchev–Trinajstić information content (AvgIpc) is 2.80. The third-order valence-electron chi connectivity index (χ3n) is 3.86. The minimum atomic E-state index is -4.66. The molecule has 0 aliphatic carbocycles. The first-order chi connectivity index (χ1) is 9.32. The topological polar surface area (TPSA) is 54.5 Å². The van der Waals surface area contributed by atoms with Crippen LogP contribution in [0.15, 0.2) is 24.3 Å². The van der Waals surface area contributed by atoms with Gasteiger partial charge < -0.3 is 4.90 Å². The molecule has 1 aromatic rings. The van der Waals surface area contributed by atoms with Gasteiger partial charge in [0.25, 0.3) is 0 Å². The van der Waals surface area contributed by atoms with Gasteiger partial charge in [0, 0.05) is 13.0 Å². The number of rotatable bonds is 4. The van der Waals surface area contributed by atoms with Crippen LogP contribution in [0, 0.1) is 0 Å². The predicted molar refractivity (Wildman–Crippen MR) is 74.4 cm³/mol.